The Bertz CT molecular complexity index is 350. The van der Waals surface area contributed by atoms with Gasteiger partial charge in [-0.1, -0.05) is 18.5 Å². The van der Waals surface area contributed by atoms with Crippen molar-refractivity contribution in [2.75, 3.05) is 13.2 Å². The Labute approximate surface area is 102 Å². The maximum absolute atomic E-state index is 6.04. The first-order valence-electron chi connectivity index (χ1n) is 5.94. The molecule has 3 heteroatoms. The van der Waals surface area contributed by atoms with E-state index in [1.807, 2.05) is 18.2 Å². The summed E-state index contributed by atoms with van der Waals surface area (Å²) < 4.78 is 5.66. The molecule has 0 aliphatic heterocycles. The van der Waals surface area contributed by atoms with Crippen LogP contribution < -0.4 is 10.1 Å². The zero-order chi connectivity index (χ0) is 11.4. The van der Waals surface area contributed by atoms with Crippen molar-refractivity contribution in [1.29, 1.82) is 0 Å². The van der Waals surface area contributed by atoms with Gasteiger partial charge in [-0.3, -0.25) is 0 Å². The van der Waals surface area contributed by atoms with Gasteiger partial charge < -0.3 is 10.1 Å². The maximum atomic E-state index is 6.04. The topological polar surface area (TPSA) is 21.3 Å². The highest BCUT2D eigenvalue weighted by Crippen LogP contribution is 2.22. The molecule has 0 bridgehead atoms. The van der Waals surface area contributed by atoms with E-state index < -0.39 is 0 Å². The zero-order valence-corrected chi connectivity index (χ0v) is 10.4. The average molecular weight is 240 g/mol. The normalized spacial score (nSPS) is 15.1. The van der Waals surface area contributed by atoms with Crippen molar-refractivity contribution < 1.29 is 4.74 Å². The van der Waals surface area contributed by atoms with E-state index in [1.54, 1.807) is 0 Å². The van der Waals surface area contributed by atoms with Crippen molar-refractivity contribution >= 4 is 11.6 Å². The highest BCUT2D eigenvalue weighted by atomic mass is 35.5. The SMILES string of the molecule is CCc1cc(OCCNC2CC2)ccc1Cl. The Morgan fingerprint density at radius 3 is 2.94 bits per heavy atom. The van der Waals surface area contributed by atoms with Gasteiger partial charge in [-0.2, -0.15) is 0 Å². The molecule has 0 atom stereocenters. The van der Waals surface area contributed by atoms with Crippen LogP contribution in [0.5, 0.6) is 5.75 Å². The summed E-state index contributed by atoms with van der Waals surface area (Å²) in [6.45, 7) is 3.75. The second kappa shape index (κ2) is 5.55. The van der Waals surface area contributed by atoms with Crippen LogP contribution in [-0.4, -0.2) is 19.2 Å². The minimum absolute atomic E-state index is 0.723. The predicted molar refractivity (Wildman–Crippen MR) is 67.3 cm³/mol. The smallest absolute Gasteiger partial charge is 0.119 e. The summed E-state index contributed by atoms with van der Waals surface area (Å²) in [5, 5.41) is 4.24. The molecule has 1 aromatic rings. The largest absolute Gasteiger partial charge is 0.492 e. The van der Waals surface area contributed by atoms with Gasteiger partial charge in [0.05, 0.1) is 0 Å². The first-order valence-corrected chi connectivity index (χ1v) is 6.32. The summed E-state index contributed by atoms with van der Waals surface area (Å²) in [7, 11) is 0. The number of nitrogens with one attached hydrogen (secondary N) is 1. The third kappa shape index (κ3) is 3.39. The molecule has 1 aromatic carbocycles. The number of hydrogen-bond donors (Lipinski definition) is 1. The molecule has 0 radical (unpaired) electrons. The summed E-state index contributed by atoms with van der Waals surface area (Å²) in [6, 6.07) is 6.61. The van der Waals surface area contributed by atoms with Crippen LogP contribution in [0.4, 0.5) is 0 Å². The van der Waals surface area contributed by atoms with Gasteiger partial charge in [-0.05, 0) is 43.0 Å². The van der Waals surface area contributed by atoms with E-state index in [2.05, 4.69) is 12.2 Å². The highest BCUT2D eigenvalue weighted by Gasteiger charge is 2.19. The fourth-order valence-electron chi connectivity index (χ4n) is 1.63. The van der Waals surface area contributed by atoms with Gasteiger partial charge in [-0.15, -0.1) is 0 Å². The van der Waals surface area contributed by atoms with Crippen LogP contribution in [-0.2, 0) is 6.42 Å². The molecule has 1 fully saturated rings. The molecule has 88 valence electrons. The van der Waals surface area contributed by atoms with Crippen molar-refractivity contribution in [3.8, 4) is 5.75 Å². The molecule has 1 saturated carbocycles. The average Bonchev–Trinajstić information content (AvgIpc) is 3.10. The Kier molecular flexibility index (Phi) is 4.08. The van der Waals surface area contributed by atoms with Gasteiger partial charge in [0.15, 0.2) is 0 Å². The van der Waals surface area contributed by atoms with Gasteiger partial charge in [0.25, 0.3) is 0 Å². The van der Waals surface area contributed by atoms with Gasteiger partial charge in [0, 0.05) is 17.6 Å². The third-order valence-electron chi connectivity index (χ3n) is 2.78. The van der Waals surface area contributed by atoms with E-state index in [0.717, 1.165) is 41.9 Å². The van der Waals surface area contributed by atoms with Crippen LogP contribution in [0.1, 0.15) is 25.3 Å². The fraction of sp³-hybridized carbons (Fsp3) is 0.538. The van der Waals surface area contributed by atoms with Crippen molar-refractivity contribution in [3.05, 3.63) is 28.8 Å². The lowest BCUT2D eigenvalue weighted by Crippen LogP contribution is -2.22. The second-order valence-electron chi connectivity index (χ2n) is 4.18. The molecule has 0 unspecified atom stereocenters. The lowest BCUT2D eigenvalue weighted by atomic mass is 10.1. The van der Waals surface area contributed by atoms with Crippen molar-refractivity contribution in [3.63, 3.8) is 0 Å². The van der Waals surface area contributed by atoms with E-state index in [4.69, 9.17) is 16.3 Å². The van der Waals surface area contributed by atoms with Crippen LogP contribution in [0.15, 0.2) is 18.2 Å². The van der Waals surface area contributed by atoms with Crippen LogP contribution in [0.25, 0.3) is 0 Å². The summed E-state index contributed by atoms with van der Waals surface area (Å²) in [5.41, 5.74) is 1.15. The van der Waals surface area contributed by atoms with E-state index in [-0.39, 0.29) is 0 Å². The second-order valence-corrected chi connectivity index (χ2v) is 4.59. The van der Waals surface area contributed by atoms with Gasteiger partial charge in [-0.25, -0.2) is 0 Å². The Morgan fingerprint density at radius 2 is 2.25 bits per heavy atom. The number of benzene rings is 1. The number of aryl methyl sites for hydroxylation is 1. The molecule has 1 N–H and O–H groups in total. The zero-order valence-electron chi connectivity index (χ0n) is 9.63. The van der Waals surface area contributed by atoms with Crippen LogP contribution in [0.2, 0.25) is 5.02 Å². The van der Waals surface area contributed by atoms with Crippen molar-refractivity contribution in [2.24, 2.45) is 0 Å². The summed E-state index contributed by atoms with van der Waals surface area (Å²) in [6.07, 6.45) is 3.58. The molecule has 0 amide bonds. The number of rotatable bonds is 6. The molecule has 1 aliphatic carbocycles. The minimum Gasteiger partial charge on any atom is -0.492 e. The predicted octanol–water partition coefficient (Wildman–Crippen LogP) is 3.03. The molecule has 0 saturated heterocycles. The van der Waals surface area contributed by atoms with E-state index in [0.29, 0.717) is 0 Å². The molecule has 0 heterocycles. The van der Waals surface area contributed by atoms with Crippen molar-refractivity contribution in [1.82, 2.24) is 5.32 Å². The van der Waals surface area contributed by atoms with Crippen molar-refractivity contribution in [2.45, 2.75) is 32.2 Å². The molecule has 2 rings (SSSR count). The summed E-state index contributed by atoms with van der Waals surface area (Å²) in [5.74, 6) is 0.916. The molecule has 1 aliphatic rings. The first-order chi connectivity index (χ1) is 7.79. The molecule has 0 spiro atoms. The minimum atomic E-state index is 0.723. The molecular weight excluding hydrogens is 222 g/mol. The highest BCUT2D eigenvalue weighted by molar-refractivity contribution is 6.31. The van der Waals surface area contributed by atoms with Crippen LogP contribution in [0.3, 0.4) is 0 Å². The van der Waals surface area contributed by atoms with E-state index in [1.165, 1.54) is 12.8 Å². The number of ether oxygens (including phenoxy) is 1. The Hall–Kier alpha value is -0.730. The number of hydrogen-bond acceptors (Lipinski definition) is 2. The first kappa shape index (κ1) is 11.7. The van der Waals surface area contributed by atoms with E-state index >= 15 is 0 Å². The maximum Gasteiger partial charge on any atom is 0.119 e. The summed E-state index contributed by atoms with van der Waals surface area (Å²) >= 11 is 6.04. The molecular formula is C13H18ClNO. The standard InChI is InChI=1S/C13H18ClNO/c1-2-10-9-12(5-6-13(10)14)16-8-7-15-11-3-4-11/h5-6,9,11,15H,2-4,7-8H2,1H3. The third-order valence-corrected chi connectivity index (χ3v) is 3.15. The molecule has 0 aromatic heterocycles. The van der Waals surface area contributed by atoms with Gasteiger partial charge >= 0.3 is 0 Å². The lowest BCUT2D eigenvalue weighted by Gasteiger charge is -2.09. The van der Waals surface area contributed by atoms with Crippen LogP contribution in [0, 0.1) is 0 Å². The number of halogens is 1. The summed E-state index contributed by atoms with van der Waals surface area (Å²) in [4.78, 5) is 0. The molecule has 16 heavy (non-hydrogen) atoms. The van der Waals surface area contributed by atoms with Gasteiger partial charge in [0.1, 0.15) is 12.4 Å². The Balaban J connectivity index is 1.78. The Morgan fingerprint density at radius 1 is 1.44 bits per heavy atom. The van der Waals surface area contributed by atoms with Gasteiger partial charge in [0.2, 0.25) is 0 Å². The lowest BCUT2D eigenvalue weighted by molar-refractivity contribution is 0.313. The fourth-order valence-corrected chi connectivity index (χ4v) is 1.88. The monoisotopic (exact) mass is 239 g/mol. The van der Waals surface area contributed by atoms with E-state index in [9.17, 15) is 0 Å². The van der Waals surface area contributed by atoms with Crippen LogP contribution >= 0.6 is 11.6 Å². The molecule has 2 nitrogen and oxygen atoms in total. The quantitative estimate of drug-likeness (QED) is 0.771.